The van der Waals surface area contributed by atoms with E-state index in [1.807, 2.05) is 6.92 Å². The van der Waals surface area contributed by atoms with Crippen molar-refractivity contribution in [2.24, 2.45) is 0 Å². The molecule has 0 bridgehead atoms. The molecule has 1 saturated heterocycles. The third kappa shape index (κ3) is 2.92. The van der Waals surface area contributed by atoms with E-state index in [2.05, 4.69) is 5.32 Å². The van der Waals surface area contributed by atoms with Gasteiger partial charge in [-0.2, -0.15) is 0 Å². The summed E-state index contributed by atoms with van der Waals surface area (Å²) in [5, 5.41) is 3.20. The summed E-state index contributed by atoms with van der Waals surface area (Å²) in [5.41, 5.74) is 1.44. The number of benzene rings is 1. The first-order chi connectivity index (χ1) is 10.5. The van der Waals surface area contributed by atoms with Gasteiger partial charge in [0.2, 0.25) is 5.91 Å². The summed E-state index contributed by atoms with van der Waals surface area (Å²) in [6.45, 7) is 1.65. The van der Waals surface area contributed by atoms with Gasteiger partial charge in [0.25, 0.3) is 5.91 Å². The first kappa shape index (κ1) is 14.8. The Kier molecular flexibility index (Phi) is 3.78. The molecule has 2 fully saturated rings. The highest BCUT2D eigenvalue weighted by molar-refractivity contribution is 6.31. The third-order valence-electron chi connectivity index (χ3n) is 3.85. The van der Waals surface area contributed by atoms with Gasteiger partial charge >= 0.3 is 6.03 Å². The minimum absolute atomic E-state index is 0.0764. The van der Waals surface area contributed by atoms with E-state index in [1.54, 1.807) is 23.1 Å². The van der Waals surface area contributed by atoms with Gasteiger partial charge in [-0.3, -0.25) is 14.5 Å². The maximum atomic E-state index is 12.1. The van der Waals surface area contributed by atoms with Crippen LogP contribution in [-0.4, -0.2) is 46.8 Å². The Morgan fingerprint density at radius 1 is 1.36 bits per heavy atom. The quantitative estimate of drug-likeness (QED) is 0.862. The van der Waals surface area contributed by atoms with Gasteiger partial charge in [-0.1, -0.05) is 17.7 Å². The highest BCUT2D eigenvalue weighted by atomic mass is 35.5. The maximum absolute atomic E-state index is 12.1. The number of halogens is 1. The molecule has 0 spiro atoms. The average molecular weight is 322 g/mol. The largest absolute Gasteiger partial charge is 0.327 e. The lowest BCUT2D eigenvalue weighted by molar-refractivity contribution is -0.129. The summed E-state index contributed by atoms with van der Waals surface area (Å²) in [7, 11) is 0. The van der Waals surface area contributed by atoms with E-state index in [1.165, 1.54) is 0 Å². The molecule has 0 radical (unpaired) electrons. The fraction of sp³-hybridized carbons (Fsp3) is 0.400. The summed E-state index contributed by atoms with van der Waals surface area (Å²) < 4.78 is 0. The molecular weight excluding hydrogens is 306 g/mol. The molecule has 1 aliphatic heterocycles. The Labute approximate surface area is 133 Å². The lowest BCUT2D eigenvalue weighted by Gasteiger charge is -2.16. The minimum Gasteiger partial charge on any atom is -0.324 e. The number of imide groups is 1. The number of hydrogen-bond donors (Lipinski definition) is 1. The van der Waals surface area contributed by atoms with Gasteiger partial charge in [0.05, 0.1) is 0 Å². The van der Waals surface area contributed by atoms with Gasteiger partial charge in [-0.05, 0) is 37.5 Å². The molecule has 0 atom stereocenters. The number of carbonyl (C=O) groups excluding carboxylic acids is 3. The molecule has 6 nitrogen and oxygen atoms in total. The zero-order chi connectivity index (χ0) is 15.9. The second kappa shape index (κ2) is 5.61. The van der Waals surface area contributed by atoms with Crippen molar-refractivity contribution in [2.75, 3.05) is 18.4 Å². The van der Waals surface area contributed by atoms with Crippen LogP contribution in [0.1, 0.15) is 18.4 Å². The van der Waals surface area contributed by atoms with Gasteiger partial charge in [0.15, 0.2) is 0 Å². The molecule has 116 valence electrons. The smallest absolute Gasteiger partial charge is 0.324 e. The van der Waals surface area contributed by atoms with Gasteiger partial charge in [0, 0.05) is 16.8 Å². The molecule has 7 heteroatoms. The number of nitrogens with zero attached hydrogens (tertiary/aromatic N) is 2. The molecule has 1 aliphatic carbocycles. The van der Waals surface area contributed by atoms with E-state index >= 15 is 0 Å². The molecule has 3 rings (SSSR count). The molecule has 0 unspecified atom stereocenters. The fourth-order valence-electron chi connectivity index (χ4n) is 2.45. The highest BCUT2D eigenvalue weighted by Crippen LogP contribution is 2.30. The standard InChI is InChI=1S/C15H16ClN3O3/c1-9-2-3-10(16)6-12(9)17-13(20)7-19-14(21)8-18(15(19)22)11-4-5-11/h2-3,6,11H,4-5,7-8H2,1H3,(H,17,20). The van der Waals surface area contributed by atoms with Gasteiger partial charge in [0.1, 0.15) is 13.1 Å². The first-order valence-corrected chi connectivity index (χ1v) is 7.50. The average Bonchev–Trinajstić information content (AvgIpc) is 3.26. The van der Waals surface area contributed by atoms with E-state index in [4.69, 9.17) is 11.6 Å². The summed E-state index contributed by atoms with van der Waals surface area (Å²) in [6, 6.07) is 4.95. The van der Waals surface area contributed by atoms with Crippen LogP contribution in [0.2, 0.25) is 5.02 Å². The Morgan fingerprint density at radius 2 is 2.09 bits per heavy atom. The van der Waals surface area contributed by atoms with E-state index in [0.29, 0.717) is 10.7 Å². The zero-order valence-electron chi connectivity index (χ0n) is 12.1. The molecule has 1 aromatic rings. The lowest BCUT2D eigenvalue weighted by atomic mass is 10.2. The predicted molar refractivity (Wildman–Crippen MR) is 81.7 cm³/mol. The Morgan fingerprint density at radius 3 is 2.77 bits per heavy atom. The number of rotatable bonds is 4. The number of amides is 4. The Balaban J connectivity index is 1.65. The van der Waals surface area contributed by atoms with Crippen LogP contribution in [0.25, 0.3) is 0 Å². The summed E-state index contributed by atoms with van der Waals surface area (Å²) >= 11 is 5.90. The van der Waals surface area contributed by atoms with E-state index in [9.17, 15) is 14.4 Å². The summed E-state index contributed by atoms with van der Waals surface area (Å²) in [5.74, 6) is -0.737. The number of nitrogens with one attached hydrogen (secondary N) is 1. The van der Waals surface area contributed by atoms with Crippen LogP contribution in [0.4, 0.5) is 10.5 Å². The van der Waals surface area contributed by atoms with E-state index < -0.39 is 5.91 Å². The SMILES string of the molecule is Cc1ccc(Cl)cc1NC(=O)CN1C(=O)CN(C2CC2)C1=O. The molecule has 1 aromatic carbocycles. The minimum atomic E-state index is -0.412. The number of hydrogen-bond acceptors (Lipinski definition) is 3. The van der Waals surface area contributed by atoms with E-state index in [0.717, 1.165) is 23.3 Å². The van der Waals surface area contributed by atoms with Crippen molar-refractivity contribution in [3.8, 4) is 0 Å². The highest BCUT2D eigenvalue weighted by Gasteiger charge is 2.44. The monoisotopic (exact) mass is 321 g/mol. The van der Waals surface area contributed by atoms with Crippen LogP contribution in [0.15, 0.2) is 18.2 Å². The zero-order valence-corrected chi connectivity index (χ0v) is 12.9. The number of urea groups is 1. The van der Waals surface area contributed by atoms with Crippen molar-refractivity contribution in [3.63, 3.8) is 0 Å². The number of carbonyl (C=O) groups is 3. The Bertz CT molecular complexity index is 657. The van der Waals surface area contributed by atoms with Gasteiger partial charge in [-0.25, -0.2) is 4.79 Å². The van der Waals surface area contributed by atoms with Crippen molar-refractivity contribution in [2.45, 2.75) is 25.8 Å². The van der Waals surface area contributed by atoms with Crippen LogP contribution < -0.4 is 5.32 Å². The molecule has 22 heavy (non-hydrogen) atoms. The predicted octanol–water partition coefficient (Wildman–Crippen LogP) is 2.01. The summed E-state index contributed by atoms with van der Waals surface area (Å²) in [6.07, 6.45) is 1.86. The van der Waals surface area contributed by atoms with Crippen molar-refractivity contribution >= 4 is 35.1 Å². The van der Waals surface area contributed by atoms with Crippen LogP contribution in [0.5, 0.6) is 0 Å². The van der Waals surface area contributed by atoms with Crippen molar-refractivity contribution in [1.29, 1.82) is 0 Å². The van der Waals surface area contributed by atoms with Crippen LogP contribution in [0.3, 0.4) is 0 Å². The van der Waals surface area contributed by atoms with Crippen LogP contribution in [0, 0.1) is 6.92 Å². The second-order valence-electron chi connectivity index (χ2n) is 5.63. The number of aryl methyl sites for hydroxylation is 1. The van der Waals surface area contributed by atoms with Gasteiger partial charge < -0.3 is 10.2 Å². The van der Waals surface area contributed by atoms with Crippen molar-refractivity contribution in [3.05, 3.63) is 28.8 Å². The topological polar surface area (TPSA) is 69.7 Å². The van der Waals surface area contributed by atoms with Crippen molar-refractivity contribution in [1.82, 2.24) is 9.80 Å². The summed E-state index contributed by atoms with van der Waals surface area (Å²) in [4.78, 5) is 38.7. The molecule has 1 saturated carbocycles. The van der Waals surface area contributed by atoms with Crippen LogP contribution in [-0.2, 0) is 9.59 Å². The van der Waals surface area contributed by atoms with E-state index in [-0.39, 0.29) is 31.1 Å². The molecule has 4 amide bonds. The fourth-order valence-corrected chi connectivity index (χ4v) is 2.62. The molecule has 1 heterocycles. The number of anilines is 1. The second-order valence-corrected chi connectivity index (χ2v) is 6.07. The normalized spacial score (nSPS) is 18.1. The molecular formula is C15H16ClN3O3. The first-order valence-electron chi connectivity index (χ1n) is 7.12. The molecule has 0 aromatic heterocycles. The molecule has 2 aliphatic rings. The maximum Gasteiger partial charge on any atom is 0.327 e. The van der Waals surface area contributed by atoms with Crippen molar-refractivity contribution < 1.29 is 14.4 Å². The molecule has 1 N–H and O–H groups in total. The van der Waals surface area contributed by atoms with Gasteiger partial charge in [-0.15, -0.1) is 0 Å². The third-order valence-corrected chi connectivity index (χ3v) is 4.08. The Hall–Kier alpha value is -2.08. The van der Waals surface area contributed by atoms with Crippen LogP contribution >= 0.6 is 11.6 Å². The lowest BCUT2D eigenvalue weighted by Crippen LogP contribution is -2.39.